The molecule has 4 aromatic rings. The molecular formula is C23H22F3N7O2. The second kappa shape index (κ2) is 8.36. The highest BCUT2D eigenvalue weighted by Crippen LogP contribution is 2.36. The number of rotatable bonds is 3. The van der Waals surface area contributed by atoms with E-state index < -0.39 is 41.1 Å². The normalized spacial score (nSPS) is 17.9. The first-order chi connectivity index (χ1) is 16.6. The van der Waals surface area contributed by atoms with Gasteiger partial charge in [-0.2, -0.15) is 0 Å². The van der Waals surface area contributed by atoms with E-state index >= 15 is 0 Å². The number of pyridine rings is 1. The SMILES string of the molecule is CC(C)(C)OC(=O)NC1Cc2c(nc3cc(-c4nnn[nH]4)ccn23)C[C@@H]1c1cc(F)c(F)cc1F. The number of alkyl carbamates (subject to hydrolysis) is 1. The van der Waals surface area contributed by atoms with Crippen molar-refractivity contribution in [3.05, 3.63) is 64.9 Å². The molecule has 35 heavy (non-hydrogen) atoms. The first kappa shape index (κ1) is 22.8. The Morgan fingerprint density at radius 1 is 1.14 bits per heavy atom. The molecule has 0 spiro atoms. The van der Waals surface area contributed by atoms with Gasteiger partial charge in [-0.25, -0.2) is 28.0 Å². The largest absolute Gasteiger partial charge is 0.444 e. The van der Waals surface area contributed by atoms with Crippen LogP contribution in [0.15, 0.2) is 30.5 Å². The Morgan fingerprint density at radius 3 is 2.63 bits per heavy atom. The average Bonchev–Trinajstić information content (AvgIpc) is 3.42. The van der Waals surface area contributed by atoms with Crippen LogP contribution >= 0.6 is 0 Å². The van der Waals surface area contributed by atoms with Crippen molar-refractivity contribution in [1.29, 1.82) is 0 Å². The Kier molecular flexibility index (Phi) is 5.45. The zero-order valence-corrected chi connectivity index (χ0v) is 19.1. The number of tetrazole rings is 1. The van der Waals surface area contributed by atoms with Gasteiger partial charge in [-0.1, -0.05) is 0 Å². The number of amides is 1. The van der Waals surface area contributed by atoms with Crippen molar-refractivity contribution < 1.29 is 22.7 Å². The molecule has 12 heteroatoms. The standard InChI is InChI=1S/C23H22F3N7O2/c1-23(2,3)35-22(34)28-17-10-19-18(8-13(17)12-7-15(25)16(26)9-14(12)24)27-20-6-11(4-5-33(19)20)21-29-31-32-30-21/h4-7,9,13,17H,8,10H2,1-3H3,(H,28,34)(H,29,30,31,32)/t13-,17?/m1/s1. The summed E-state index contributed by atoms with van der Waals surface area (Å²) in [7, 11) is 0. The number of halogens is 3. The fraction of sp³-hybridized carbons (Fsp3) is 0.348. The molecule has 3 heterocycles. The lowest BCUT2D eigenvalue weighted by molar-refractivity contribution is 0.0493. The van der Waals surface area contributed by atoms with Crippen LogP contribution in [-0.2, 0) is 17.6 Å². The summed E-state index contributed by atoms with van der Waals surface area (Å²) in [6, 6.07) is 4.31. The lowest BCUT2D eigenvalue weighted by Crippen LogP contribution is -2.46. The van der Waals surface area contributed by atoms with Gasteiger partial charge < -0.3 is 14.5 Å². The minimum atomic E-state index is -1.28. The van der Waals surface area contributed by atoms with E-state index in [-0.39, 0.29) is 18.4 Å². The number of hydrogen-bond donors (Lipinski definition) is 2. The molecule has 0 aliphatic heterocycles. The molecule has 0 fully saturated rings. The summed E-state index contributed by atoms with van der Waals surface area (Å²) in [5.41, 5.74) is 2.00. The number of carbonyl (C=O) groups excluding carboxylic acids is 1. The topological polar surface area (TPSA) is 110 Å². The number of fused-ring (bicyclic) bond motifs is 3. The predicted molar refractivity (Wildman–Crippen MR) is 118 cm³/mol. The summed E-state index contributed by atoms with van der Waals surface area (Å²) < 4.78 is 49.7. The van der Waals surface area contributed by atoms with Gasteiger partial charge in [-0.3, -0.25) is 0 Å². The van der Waals surface area contributed by atoms with E-state index in [1.54, 1.807) is 26.8 Å². The highest BCUT2D eigenvalue weighted by Gasteiger charge is 2.36. The smallest absolute Gasteiger partial charge is 0.407 e. The van der Waals surface area contributed by atoms with Gasteiger partial charge in [-0.15, -0.1) is 5.10 Å². The Bertz CT molecular complexity index is 1410. The van der Waals surface area contributed by atoms with Crippen LogP contribution in [0.1, 0.15) is 43.6 Å². The van der Waals surface area contributed by atoms with Gasteiger partial charge in [-0.05, 0) is 55.0 Å². The van der Waals surface area contributed by atoms with Crippen molar-refractivity contribution >= 4 is 11.7 Å². The number of imidazole rings is 1. The maximum Gasteiger partial charge on any atom is 0.407 e. The number of ether oxygens (including phenoxy) is 1. The zero-order chi connectivity index (χ0) is 24.9. The molecule has 0 radical (unpaired) electrons. The quantitative estimate of drug-likeness (QED) is 0.428. The minimum absolute atomic E-state index is 0.0407. The number of nitrogens with one attached hydrogen (secondary N) is 2. The van der Waals surface area contributed by atoms with Crippen molar-refractivity contribution in [2.45, 2.75) is 51.2 Å². The van der Waals surface area contributed by atoms with Crippen molar-refractivity contribution in [2.75, 3.05) is 0 Å². The van der Waals surface area contributed by atoms with Crippen molar-refractivity contribution in [3.8, 4) is 11.4 Å². The van der Waals surface area contributed by atoms with Crippen LogP contribution in [0.25, 0.3) is 17.0 Å². The number of benzene rings is 1. The van der Waals surface area contributed by atoms with E-state index in [0.29, 0.717) is 23.2 Å². The summed E-state index contributed by atoms with van der Waals surface area (Å²) in [4.78, 5) is 17.3. The third-order valence-corrected chi connectivity index (χ3v) is 5.88. The maximum atomic E-state index is 14.8. The molecule has 0 bridgehead atoms. The molecule has 5 rings (SSSR count). The Labute approximate surface area is 197 Å². The van der Waals surface area contributed by atoms with Crippen LogP contribution < -0.4 is 5.32 Å². The second-order valence-electron chi connectivity index (χ2n) is 9.45. The number of aromatic nitrogens is 6. The van der Waals surface area contributed by atoms with Crippen molar-refractivity contribution in [1.82, 2.24) is 35.3 Å². The summed E-state index contributed by atoms with van der Waals surface area (Å²) in [5.74, 6) is -3.56. The van der Waals surface area contributed by atoms with Crippen molar-refractivity contribution in [3.63, 3.8) is 0 Å². The number of carbonyl (C=O) groups is 1. The number of nitrogens with zero attached hydrogens (tertiary/aromatic N) is 5. The van der Waals surface area contributed by atoms with Crippen LogP contribution in [0.4, 0.5) is 18.0 Å². The number of hydrogen-bond acceptors (Lipinski definition) is 6. The second-order valence-corrected chi connectivity index (χ2v) is 9.45. The summed E-state index contributed by atoms with van der Waals surface area (Å²) in [5, 5.41) is 16.6. The van der Waals surface area contributed by atoms with Gasteiger partial charge in [0.2, 0.25) is 0 Å². The molecule has 3 aromatic heterocycles. The Hall–Kier alpha value is -3.96. The van der Waals surface area contributed by atoms with Crippen LogP contribution in [0.5, 0.6) is 0 Å². The highest BCUT2D eigenvalue weighted by molar-refractivity contribution is 5.68. The van der Waals surface area contributed by atoms with E-state index in [1.807, 2.05) is 16.7 Å². The van der Waals surface area contributed by atoms with E-state index in [2.05, 4.69) is 30.9 Å². The van der Waals surface area contributed by atoms with E-state index in [0.717, 1.165) is 17.3 Å². The summed E-state index contributed by atoms with van der Waals surface area (Å²) in [6.07, 6.45) is 1.58. The third-order valence-electron chi connectivity index (χ3n) is 5.88. The van der Waals surface area contributed by atoms with Crippen LogP contribution in [0.2, 0.25) is 0 Å². The van der Waals surface area contributed by atoms with E-state index in [9.17, 15) is 18.0 Å². The molecule has 2 atom stereocenters. The van der Waals surface area contributed by atoms with Gasteiger partial charge >= 0.3 is 6.09 Å². The van der Waals surface area contributed by atoms with Crippen LogP contribution in [0, 0.1) is 17.5 Å². The first-order valence-corrected chi connectivity index (χ1v) is 11.0. The maximum absolute atomic E-state index is 14.8. The van der Waals surface area contributed by atoms with Gasteiger partial charge in [0, 0.05) is 48.3 Å². The lowest BCUT2D eigenvalue weighted by atomic mass is 9.80. The molecule has 0 saturated heterocycles. The van der Waals surface area contributed by atoms with E-state index in [1.165, 1.54) is 0 Å². The van der Waals surface area contributed by atoms with Crippen LogP contribution in [0.3, 0.4) is 0 Å². The predicted octanol–water partition coefficient (Wildman–Crippen LogP) is 3.71. The molecule has 2 N–H and O–H groups in total. The fourth-order valence-electron chi connectivity index (χ4n) is 4.41. The molecule has 0 saturated carbocycles. The zero-order valence-electron chi connectivity index (χ0n) is 19.1. The molecular weight excluding hydrogens is 463 g/mol. The summed E-state index contributed by atoms with van der Waals surface area (Å²) >= 11 is 0. The average molecular weight is 485 g/mol. The van der Waals surface area contributed by atoms with Gasteiger partial charge in [0.05, 0.1) is 5.69 Å². The lowest BCUT2D eigenvalue weighted by Gasteiger charge is -2.33. The first-order valence-electron chi connectivity index (χ1n) is 11.0. The monoisotopic (exact) mass is 485 g/mol. The molecule has 182 valence electrons. The third kappa shape index (κ3) is 4.43. The van der Waals surface area contributed by atoms with E-state index in [4.69, 9.17) is 4.74 Å². The molecule has 1 aliphatic rings. The molecule has 1 amide bonds. The van der Waals surface area contributed by atoms with Gasteiger partial charge in [0.15, 0.2) is 17.5 Å². The molecule has 1 aromatic carbocycles. The molecule has 1 aliphatic carbocycles. The Balaban J connectivity index is 1.55. The summed E-state index contributed by atoms with van der Waals surface area (Å²) in [6.45, 7) is 5.18. The van der Waals surface area contributed by atoms with Crippen LogP contribution in [-0.4, -0.2) is 47.7 Å². The van der Waals surface area contributed by atoms with Gasteiger partial charge in [0.1, 0.15) is 17.1 Å². The van der Waals surface area contributed by atoms with Gasteiger partial charge in [0.25, 0.3) is 0 Å². The molecule has 9 nitrogen and oxygen atoms in total. The Morgan fingerprint density at radius 2 is 1.91 bits per heavy atom. The fourth-order valence-corrected chi connectivity index (χ4v) is 4.41. The number of H-pyrrole nitrogens is 1. The molecule has 1 unspecified atom stereocenters. The van der Waals surface area contributed by atoms with Crippen molar-refractivity contribution in [2.24, 2.45) is 0 Å². The minimum Gasteiger partial charge on any atom is -0.444 e. The number of aromatic amines is 1. The highest BCUT2D eigenvalue weighted by atomic mass is 19.2.